The van der Waals surface area contributed by atoms with Crippen molar-refractivity contribution in [2.45, 2.75) is 31.5 Å². The molecule has 0 bridgehead atoms. The molecule has 0 radical (unpaired) electrons. The highest BCUT2D eigenvalue weighted by atomic mass is 79.9. The Morgan fingerprint density at radius 1 is 1.24 bits per heavy atom. The Hall–Kier alpha value is -0.820. The molecule has 1 aromatic rings. The Balaban J connectivity index is 1.88. The molecule has 21 heavy (non-hydrogen) atoms. The first-order valence-electron chi connectivity index (χ1n) is 7.08. The maximum atomic E-state index is 13.2. The van der Waals surface area contributed by atoms with E-state index in [0.29, 0.717) is 29.4 Å². The van der Waals surface area contributed by atoms with Crippen LogP contribution >= 0.6 is 15.9 Å². The van der Waals surface area contributed by atoms with Crippen molar-refractivity contribution in [2.24, 2.45) is 17.6 Å². The van der Waals surface area contributed by atoms with Gasteiger partial charge in [0, 0.05) is 29.8 Å². The van der Waals surface area contributed by atoms with E-state index in [2.05, 4.69) is 20.9 Å². The molecular formula is C14H17BrF3N3. The van der Waals surface area contributed by atoms with Gasteiger partial charge in [-0.25, -0.2) is 4.98 Å². The van der Waals surface area contributed by atoms with E-state index in [-0.39, 0.29) is 11.9 Å². The zero-order valence-corrected chi connectivity index (χ0v) is 13.0. The second kappa shape index (κ2) is 5.43. The molecule has 3 rings (SSSR count). The van der Waals surface area contributed by atoms with Gasteiger partial charge in [-0.3, -0.25) is 0 Å². The van der Waals surface area contributed by atoms with Gasteiger partial charge in [-0.15, -0.1) is 0 Å². The molecule has 2 aliphatic rings. The van der Waals surface area contributed by atoms with E-state index in [4.69, 9.17) is 5.73 Å². The molecule has 1 aliphatic heterocycles. The minimum absolute atomic E-state index is 0.0497. The SMILES string of the molecule is NC1CC[C@@H]2CN(c3ncc(Br)cc3C(F)(F)F)C[C@@H]2C1. The van der Waals surface area contributed by atoms with Crippen LogP contribution < -0.4 is 10.6 Å². The largest absolute Gasteiger partial charge is 0.419 e. The monoisotopic (exact) mass is 363 g/mol. The van der Waals surface area contributed by atoms with Gasteiger partial charge in [-0.05, 0) is 53.1 Å². The number of pyridine rings is 1. The predicted molar refractivity (Wildman–Crippen MR) is 78.0 cm³/mol. The fourth-order valence-electron chi connectivity index (χ4n) is 3.53. The molecule has 2 heterocycles. The lowest BCUT2D eigenvalue weighted by atomic mass is 9.79. The van der Waals surface area contributed by atoms with Crippen molar-refractivity contribution in [3.8, 4) is 0 Å². The van der Waals surface area contributed by atoms with Gasteiger partial charge in [0.15, 0.2) is 0 Å². The molecule has 2 fully saturated rings. The van der Waals surface area contributed by atoms with Crippen molar-refractivity contribution in [1.29, 1.82) is 0 Å². The van der Waals surface area contributed by atoms with Crippen molar-refractivity contribution in [1.82, 2.24) is 4.98 Å². The van der Waals surface area contributed by atoms with Crippen molar-refractivity contribution in [3.63, 3.8) is 0 Å². The van der Waals surface area contributed by atoms with Crippen LogP contribution in [0.3, 0.4) is 0 Å². The molecule has 1 aliphatic carbocycles. The van der Waals surface area contributed by atoms with E-state index < -0.39 is 11.7 Å². The van der Waals surface area contributed by atoms with Gasteiger partial charge in [0.05, 0.1) is 5.56 Å². The highest BCUT2D eigenvalue weighted by molar-refractivity contribution is 9.10. The van der Waals surface area contributed by atoms with Crippen LogP contribution in [0.5, 0.6) is 0 Å². The summed E-state index contributed by atoms with van der Waals surface area (Å²) in [5, 5.41) is 0. The number of nitrogens with zero attached hydrogens (tertiary/aromatic N) is 2. The first-order chi connectivity index (χ1) is 9.84. The minimum Gasteiger partial charge on any atom is -0.356 e. The number of anilines is 1. The van der Waals surface area contributed by atoms with Crippen LogP contribution in [0.25, 0.3) is 0 Å². The molecule has 1 saturated heterocycles. The Bertz CT molecular complexity index is 535. The summed E-state index contributed by atoms with van der Waals surface area (Å²) in [6.45, 7) is 1.27. The highest BCUT2D eigenvalue weighted by Crippen LogP contribution is 2.42. The Morgan fingerprint density at radius 2 is 1.95 bits per heavy atom. The summed E-state index contributed by atoms with van der Waals surface area (Å²) in [6, 6.07) is 1.29. The number of hydrogen-bond donors (Lipinski definition) is 1. The molecule has 1 saturated carbocycles. The average molecular weight is 364 g/mol. The maximum absolute atomic E-state index is 13.2. The van der Waals surface area contributed by atoms with Gasteiger partial charge in [0.25, 0.3) is 0 Å². The highest BCUT2D eigenvalue weighted by Gasteiger charge is 2.41. The molecule has 0 aromatic carbocycles. The normalized spacial score (nSPS) is 29.6. The van der Waals surface area contributed by atoms with Gasteiger partial charge in [-0.1, -0.05) is 0 Å². The fourth-order valence-corrected chi connectivity index (χ4v) is 3.86. The Morgan fingerprint density at radius 3 is 2.67 bits per heavy atom. The van der Waals surface area contributed by atoms with Crippen LogP contribution in [0, 0.1) is 11.8 Å². The fraction of sp³-hybridized carbons (Fsp3) is 0.643. The Labute approximate surface area is 129 Å². The quantitative estimate of drug-likeness (QED) is 0.830. The number of alkyl halides is 3. The number of nitrogens with two attached hydrogens (primary N) is 1. The second-order valence-corrected chi connectivity index (χ2v) is 6.94. The van der Waals surface area contributed by atoms with Crippen LogP contribution in [0.1, 0.15) is 24.8 Å². The molecular weight excluding hydrogens is 347 g/mol. The first-order valence-corrected chi connectivity index (χ1v) is 7.87. The lowest BCUT2D eigenvalue weighted by Gasteiger charge is -2.27. The maximum Gasteiger partial charge on any atom is 0.419 e. The van der Waals surface area contributed by atoms with Crippen LogP contribution in [0.15, 0.2) is 16.7 Å². The van der Waals surface area contributed by atoms with Crippen molar-refractivity contribution in [3.05, 3.63) is 22.3 Å². The molecule has 3 atom stereocenters. The minimum atomic E-state index is -4.39. The van der Waals surface area contributed by atoms with Crippen LogP contribution in [0.4, 0.5) is 19.0 Å². The first kappa shape index (κ1) is 15.1. The summed E-state index contributed by atoms with van der Waals surface area (Å²) in [4.78, 5) is 5.81. The predicted octanol–water partition coefficient (Wildman–Crippen LogP) is 3.43. The van der Waals surface area contributed by atoms with Crippen LogP contribution in [-0.2, 0) is 6.18 Å². The number of fused-ring (bicyclic) bond motifs is 1. The lowest BCUT2D eigenvalue weighted by Crippen LogP contribution is -2.32. The smallest absolute Gasteiger partial charge is 0.356 e. The molecule has 0 spiro atoms. The summed E-state index contributed by atoms with van der Waals surface area (Å²) < 4.78 is 40.0. The third-order valence-corrected chi connectivity index (χ3v) is 4.96. The summed E-state index contributed by atoms with van der Waals surface area (Å²) in [5.74, 6) is 0.880. The molecule has 7 heteroatoms. The van der Waals surface area contributed by atoms with Gasteiger partial charge in [-0.2, -0.15) is 13.2 Å². The number of rotatable bonds is 1. The number of aromatic nitrogens is 1. The van der Waals surface area contributed by atoms with Gasteiger partial charge in [0.2, 0.25) is 0 Å². The third-order valence-electron chi connectivity index (χ3n) is 4.53. The summed E-state index contributed by atoms with van der Waals surface area (Å²) in [7, 11) is 0. The molecule has 116 valence electrons. The number of halogens is 4. The second-order valence-electron chi connectivity index (χ2n) is 6.02. The van der Waals surface area contributed by atoms with E-state index in [1.165, 1.54) is 6.20 Å². The van der Waals surface area contributed by atoms with Gasteiger partial charge >= 0.3 is 6.18 Å². The standard InChI is InChI=1S/C14H17BrF3N3/c15-10-4-12(14(16,17)18)13(20-5-10)21-6-8-1-2-11(19)3-9(8)7-21/h4-5,8-9,11H,1-3,6-7,19H2/t8-,9+,11?/m1/s1. The molecule has 1 unspecified atom stereocenters. The summed E-state index contributed by atoms with van der Waals surface area (Å²) in [5.41, 5.74) is 5.31. The molecule has 2 N–H and O–H groups in total. The summed E-state index contributed by atoms with van der Waals surface area (Å²) >= 11 is 3.07. The average Bonchev–Trinajstić information content (AvgIpc) is 2.80. The van der Waals surface area contributed by atoms with E-state index in [1.807, 2.05) is 0 Å². The zero-order chi connectivity index (χ0) is 15.2. The van der Waals surface area contributed by atoms with E-state index in [1.54, 1.807) is 4.90 Å². The number of hydrogen-bond acceptors (Lipinski definition) is 3. The topological polar surface area (TPSA) is 42.1 Å². The lowest BCUT2D eigenvalue weighted by molar-refractivity contribution is -0.137. The Kier molecular flexibility index (Phi) is 3.90. The van der Waals surface area contributed by atoms with Crippen molar-refractivity contribution < 1.29 is 13.2 Å². The third kappa shape index (κ3) is 3.04. The van der Waals surface area contributed by atoms with Crippen molar-refractivity contribution in [2.75, 3.05) is 18.0 Å². The van der Waals surface area contributed by atoms with Crippen molar-refractivity contribution >= 4 is 21.7 Å². The molecule has 0 amide bonds. The zero-order valence-electron chi connectivity index (χ0n) is 11.4. The van der Waals surface area contributed by atoms with Gasteiger partial charge in [0.1, 0.15) is 5.82 Å². The van der Waals surface area contributed by atoms with E-state index in [9.17, 15) is 13.2 Å². The van der Waals surface area contributed by atoms with Gasteiger partial charge < -0.3 is 10.6 Å². The van der Waals surface area contributed by atoms with E-state index >= 15 is 0 Å². The molecule has 3 nitrogen and oxygen atoms in total. The van der Waals surface area contributed by atoms with Crippen LogP contribution in [0.2, 0.25) is 0 Å². The molecule has 1 aromatic heterocycles. The van der Waals surface area contributed by atoms with E-state index in [0.717, 1.165) is 25.3 Å². The summed E-state index contributed by atoms with van der Waals surface area (Å²) in [6.07, 6.45) is -0.0945. The van der Waals surface area contributed by atoms with Crippen LogP contribution in [-0.4, -0.2) is 24.1 Å².